The Morgan fingerprint density at radius 3 is 2.00 bits per heavy atom. The van der Waals surface area contributed by atoms with Crippen LogP contribution >= 0.6 is 0 Å². The van der Waals surface area contributed by atoms with Gasteiger partial charge in [-0.05, 0) is 162 Å². The third kappa shape index (κ3) is 4.52. The minimum atomic E-state index is -0.887. The zero-order valence-electron chi connectivity index (χ0n) is 27.0. The molecule has 6 saturated carbocycles. The average molecular weight is 589 g/mol. The Kier molecular flexibility index (Phi) is 7.44. The molecule has 0 saturated heterocycles. The van der Waals surface area contributed by atoms with Crippen LogP contribution in [-0.4, -0.2) is 38.4 Å². The summed E-state index contributed by atoms with van der Waals surface area (Å²) < 4.78 is 0. The van der Waals surface area contributed by atoms with Gasteiger partial charge in [-0.1, -0.05) is 37.0 Å². The normalized spacial score (nSPS) is 53.2. The molecule has 0 spiro atoms. The highest BCUT2D eigenvalue weighted by atomic mass is 16.3. The van der Waals surface area contributed by atoms with Crippen molar-refractivity contribution >= 4 is 5.78 Å². The van der Waals surface area contributed by atoms with Crippen molar-refractivity contribution < 1.29 is 20.1 Å². The monoisotopic (exact) mass is 588 g/mol. The highest BCUT2D eigenvalue weighted by molar-refractivity contribution is 5.91. The molecule has 0 aromatic carbocycles. The first kappa shape index (κ1) is 30.3. The molecule has 8 aliphatic rings. The van der Waals surface area contributed by atoms with Gasteiger partial charge in [-0.25, -0.2) is 0 Å². The first-order valence-electron chi connectivity index (χ1n) is 18.0. The maximum Gasteiger partial charge on any atom is 0.155 e. The Bertz CT molecular complexity index is 1240. The lowest BCUT2D eigenvalue weighted by molar-refractivity contribution is -0.117. The Labute approximate surface area is 260 Å². The fraction of sp³-hybridized carbons (Fsp3) is 0.821. The molecule has 0 amide bonds. The largest absolute Gasteiger partial charge is 0.390 e. The lowest BCUT2D eigenvalue weighted by Gasteiger charge is -2.55. The molecule has 0 unspecified atom stereocenters. The van der Waals surface area contributed by atoms with Gasteiger partial charge in [0.05, 0.1) is 11.7 Å². The average Bonchev–Trinajstić information content (AvgIpc) is 3.41. The number of hydrogen-bond donors (Lipinski definition) is 3. The van der Waals surface area contributed by atoms with E-state index in [0.29, 0.717) is 29.5 Å². The molecular weight excluding hydrogens is 532 g/mol. The molecule has 0 bridgehead atoms. The van der Waals surface area contributed by atoms with Crippen molar-refractivity contribution in [2.75, 3.05) is 0 Å². The summed E-state index contributed by atoms with van der Waals surface area (Å²) in [6.07, 6.45) is 27.0. The highest BCUT2D eigenvalue weighted by Crippen LogP contribution is 2.66. The van der Waals surface area contributed by atoms with E-state index in [1.54, 1.807) is 0 Å². The van der Waals surface area contributed by atoms with Crippen LogP contribution in [0, 0.1) is 70.5 Å². The third-order valence-corrected chi connectivity index (χ3v) is 15.7. The van der Waals surface area contributed by atoms with Crippen molar-refractivity contribution in [1.29, 1.82) is 0 Å². The standard InChI is InChI=1S/C20H28O2.C19H28O2/c1-3-20(22)11-9-18-17-6-4-13-12-14(21)5-7-15(13)16(17)8-10-19(18,20)2;1-18-9-7-15-14-6-4-13(20)11-12(14)3-5-16(15)17(18)8-10-19(18,2)21/h1,12,14-18,21-22H,4-11H2,2H3;11,14-17,21H,3-10H2,1-2H3/t14-,15-,16+,17+,18-,19-,20-;14-,15+,16+,17-,18-,19-/m00/s1. The van der Waals surface area contributed by atoms with E-state index in [-0.39, 0.29) is 16.9 Å². The second kappa shape index (κ2) is 10.6. The van der Waals surface area contributed by atoms with Gasteiger partial charge >= 0.3 is 0 Å². The van der Waals surface area contributed by atoms with Crippen LogP contribution in [0.15, 0.2) is 23.3 Å². The van der Waals surface area contributed by atoms with E-state index >= 15 is 0 Å². The molecule has 4 heteroatoms. The Balaban J connectivity index is 0.000000140. The van der Waals surface area contributed by atoms with E-state index in [4.69, 9.17) is 6.42 Å². The smallest absolute Gasteiger partial charge is 0.155 e. The molecule has 0 radical (unpaired) electrons. The number of aliphatic hydroxyl groups excluding tert-OH is 1. The van der Waals surface area contributed by atoms with Gasteiger partial charge < -0.3 is 15.3 Å². The number of carbonyl (C=O) groups excluding carboxylic acids is 1. The van der Waals surface area contributed by atoms with Gasteiger partial charge in [-0.3, -0.25) is 4.79 Å². The molecular formula is C39H56O4. The molecule has 236 valence electrons. The first-order valence-corrected chi connectivity index (χ1v) is 18.0. The topological polar surface area (TPSA) is 77.8 Å². The maximum absolute atomic E-state index is 11.7. The number of rotatable bonds is 0. The van der Waals surface area contributed by atoms with E-state index in [2.05, 4.69) is 32.8 Å². The van der Waals surface area contributed by atoms with Gasteiger partial charge in [0.25, 0.3) is 0 Å². The van der Waals surface area contributed by atoms with Crippen LogP contribution in [0.5, 0.6) is 0 Å². The van der Waals surface area contributed by atoms with Crippen LogP contribution < -0.4 is 0 Å². The number of fused-ring (bicyclic) bond motifs is 10. The van der Waals surface area contributed by atoms with Crippen molar-refractivity contribution in [3.63, 3.8) is 0 Å². The van der Waals surface area contributed by atoms with Crippen molar-refractivity contribution in [2.45, 2.75) is 141 Å². The molecule has 0 aliphatic heterocycles. The summed E-state index contributed by atoms with van der Waals surface area (Å²) in [5, 5.41) is 31.7. The Hall–Kier alpha value is -1.41. The number of carbonyl (C=O) groups is 1. The van der Waals surface area contributed by atoms with Crippen LogP contribution in [0.3, 0.4) is 0 Å². The van der Waals surface area contributed by atoms with E-state index in [9.17, 15) is 20.1 Å². The summed E-state index contributed by atoms with van der Waals surface area (Å²) >= 11 is 0. The Morgan fingerprint density at radius 1 is 0.698 bits per heavy atom. The predicted octanol–water partition coefficient (Wildman–Crippen LogP) is 7.16. The fourth-order valence-corrected chi connectivity index (χ4v) is 13.0. The van der Waals surface area contributed by atoms with Gasteiger partial charge in [0.1, 0.15) is 5.60 Å². The summed E-state index contributed by atoms with van der Waals surface area (Å²) in [6, 6.07) is 0. The van der Waals surface area contributed by atoms with Gasteiger partial charge in [-0.2, -0.15) is 0 Å². The zero-order chi connectivity index (χ0) is 30.4. The van der Waals surface area contributed by atoms with Crippen LogP contribution in [0.2, 0.25) is 0 Å². The highest BCUT2D eigenvalue weighted by Gasteiger charge is 2.62. The second-order valence-corrected chi connectivity index (χ2v) is 17.0. The van der Waals surface area contributed by atoms with E-state index in [1.807, 2.05) is 6.08 Å². The van der Waals surface area contributed by atoms with Gasteiger partial charge in [0.2, 0.25) is 0 Å². The van der Waals surface area contributed by atoms with Gasteiger partial charge in [-0.15, -0.1) is 6.42 Å². The summed E-state index contributed by atoms with van der Waals surface area (Å²) in [4.78, 5) is 11.7. The lowest BCUT2D eigenvalue weighted by atomic mass is 9.50. The van der Waals surface area contributed by atoms with E-state index < -0.39 is 11.2 Å². The van der Waals surface area contributed by atoms with Crippen molar-refractivity contribution in [3.05, 3.63) is 23.3 Å². The quantitative estimate of drug-likeness (QED) is 0.207. The summed E-state index contributed by atoms with van der Waals surface area (Å²) in [5.74, 6) is 8.79. The predicted molar refractivity (Wildman–Crippen MR) is 170 cm³/mol. The molecule has 6 fully saturated rings. The molecule has 0 aromatic heterocycles. The van der Waals surface area contributed by atoms with E-state index in [1.165, 1.54) is 49.7 Å². The van der Waals surface area contributed by atoms with Crippen LogP contribution in [0.25, 0.3) is 0 Å². The van der Waals surface area contributed by atoms with Crippen molar-refractivity contribution in [1.82, 2.24) is 0 Å². The molecule has 43 heavy (non-hydrogen) atoms. The number of ketones is 1. The first-order chi connectivity index (χ1) is 20.4. The number of allylic oxidation sites excluding steroid dienone is 2. The molecule has 3 N–H and O–H groups in total. The molecule has 8 aliphatic carbocycles. The van der Waals surface area contributed by atoms with Gasteiger partial charge in [0.15, 0.2) is 5.78 Å². The van der Waals surface area contributed by atoms with Crippen LogP contribution in [-0.2, 0) is 4.79 Å². The number of terminal acetylenes is 1. The number of hydrogen-bond acceptors (Lipinski definition) is 4. The molecule has 4 nitrogen and oxygen atoms in total. The molecule has 13 atom stereocenters. The molecule has 0 heterocycles. The summed E-state index contributed by atoms with van der Waals surface area (Å²) in [7, 11) is 0. The number of aliphatic hydroxyl groups is 3. The summed E-state index contributed by atoms with van der Waals surface area (Å²) in [6.45, 7) is 6.66. The second-order valence-electron chi connectivity index (χ2n) is 17.0. The maximum atomic E-state index is 11.7. The SMILES string of the molecule is C#C[C@]1(O)CC[C@H]2[C@@H]3CCC4=C[C@@H](O)CC[C@@H]4[C@H]3CC[C@@]21C.C[C@]1(O)CC[C@H]2[C@@H]3CCC4=CC(=O)CC[C@@H]4[C@H]3CC[C@@]21C. The van der Waals surface area contributed by atoms with Crippen molar-refractivity contribution in [3.8, 4) is 12.3 Å². The minimum absolute atomic E-state index is 0.0850. The summed E-state index contributed by atoms with van der Waals surface area (Å²) in [5.41, 5.74) is 1.66. The zero-order valence-corrected chi connectivity index (χ0v) is 27.0. The molecule has 8 rings (SSSR count). The third-order valence-electron chi connectivity index (χ3n) is 15.7. The van der Waals surface area contributed by atoms with E-state index in [0.717, 1.165) is 87.9 Å². The van der Waals surface area contributed by atoms with Gasteiger partial charge in [0, 0.05) is 11.8 Å². The van der Waals surface area contributed by atoms with Crippen molar-refractivity contribution in [2.24, 2.45) is 58.2 Å². The lowest BCUT2D eigenvalue weighted by Crippen LogP contribution is -2.52. The van der Waals surface area contributed by atoms with Crippen LogP contribution in [0.4, 0.5) is 0 Å². The van der Waals surface area contributed by atoms with Crippen LogP contribution in [0.1, 0.15) is 124 Å². The molecule has 0 aromatic rings. The Morgan fingerprint density at radius 2 is 1.30 bits per heavy atom. The fourth-order valence-electron chi connectivity index (χ4n) is 13.0. The minimum Gasteiger partial charge on any atom is -0.390 e.